The summed E-state index contributed by atoms with van der Waals surface area (Å²) in [6.07, 6.45) is 80.9. The van der Waals surface area contributed by atoms with Gasteiger partial charge in [-0.05, 0) is 24.7 Å². The van der Waals surface area contributed by atoms with Gasteiger partial charge < -0.3 is 0 Å². The molecule has 1 aromatic rings. The van der Waals surface area contributed by atoms with Crippen molar-refractivity contribution < 1.29 is 4.57 Å². The molecule has 0 aliphatic rings. The molecule has 1 heteroatoms. The molecular weight excluding hydrogens is 759 g/mol. The zero-order chi connectivity index (χ0) is 45.1. The molecule has 0 aliphatic heterocycles. The Kier molecular flexibility index (Phi) is 48.3. The van der Waals surface area contributed by atoms with Crippen LogP contribution in [0.5, 0.6) is 0 Å². The smallest absolute Gasteiger partial charge is 0.168 e. The van der Waals surface area contributed by atoms with E-state index in [1.54, 1.807) is 0 Å². The van der Waals surface area contributed by atoms with Crippen molar-refractivity contribution in [1.82, 2.24) is 0 Å². The lowest BCUT2D eigenvalue weighted by Gasteiger charge is -2.34. The van der Waals surface area contributed by atoms with Crippen molar-refractivity contribution in [3.63, 3.8) is 0 Å². The summed E-state index contributed by atoms with van der Waals surface area (Å²) >= 11 is 0. The van der Waals surface area contributed by atoms with E-state index in [0.717, 1.165) is 0 Å². The molecule has 0 N–H and O–H groups in total. The molecule has 0 aliphatic carbocycles. The molecule has 372 valence electrons. The molecule has 0 saturated carbocycles. The monoisotopic (exact) mass is 879 g/mol. The standard InChI is InChI=1S/C62H120N/c1-4-7-10-13-16-19-22-25-28-30-32-35-38-41-44-47-51-56-62(58-61-63-59-53-49-54-60-63,55-50-46-43-40-37-34-27-24-21-18-15-12-9-6-3)57-52-48-45-42-39-36-33-31-29-26-23-20-17-14-11-8-5-2/h49,53-54,59-60H,4-48,50-52,55-58,61H2,1-3H3/q+1. The van der Waals surface area contributed by atoms with Gasteiger partial charge in [-0.2, -0.15) is 0 Å². The summed E-state index contributed by atoms with van der Waals surface area (Å²) in [5.74, 6) is 0. The highest BCUT2D eigenvalue weighted by Crippen LogP contribution is 2.41. The van der Waals surface area contributed by atoms with E-state index < -0.39 is 0 Å². The zero-order valence-corrected chi connectivity index (χ0v) is 44.3. The van der Waals surface area contributed by atoms with E-state index in [0.29, 0.717) is 5.41 Å². The Morgan fingerprint density at radius 3 is 0.619 bits per heavy atom. The third kappa shape index (κ3) is 43.5. The maximum absolute atomic E-state index is 2.49. The van der Waals surface area contributed by atoms with Crippen molar-refractivity contribution in [1.29, 1.82) is 0 Å². The number of aryl methyl sites for hydroxylation is 1. The first-order valence-corrected chi connectivity index (χ1v) is 30.2. The van der Waals surface area contributed by atoms with Crippen molar-refractivity contribution in [3.05, 3.63) is 30.6 Å². The topological polar surface area (TPSA) is 3.88 Å². The van der Waals surface area contributed by atoms with Gasteiger partial charge in [0, 0.05) is 18.6 Å². The zero-order valence-electron chi connectivity index (χ0n) is 44.3. The van der Waals surface area contributed by atoms with E-state index in [9.17, 15) is 0 Å². The summed E-state index contributed by atoms with van der Waals surface area (Å²) in [4.78, 5) is 0. The largest absolute Gasteiger partial charge is 0.205 e. The van der Waals surface area contributed by atoms with Gasteiger partial charge in [-0.1, -0.05) is 335 Å². The van der Waals surface area contributed by atoms with Gasteiger partial charge in [0.2, 0.25) is 0 Å². The summed E-state index contributed by atoms with van der Waals surface area (Å²) in [5, 5.41) is 0. The fraction of sp³-hybridized carbons (Fsp3) is 0.919. The van der Waals surface area contributed by atoms with E-state index in [1.165, 1.54) is 340 Å². The third-order valence-electron chi connectivity index (χ3n) is 15.4. The lowest BCUT2D eigenvalue weighted by atomic mass is 9.71. The lowest BCUT2D eigenvalue weighted by molar-refractivity contribution is -0.699. The molecule has 0 fully saturated rings. The van der Waals surface area contributed by atoms with Crippen LogP contribution in [0.2, 0.25) is 0 Å². The Balaban J connectivity index is 2.47. The average molecular weight is 880 g/mol. The van der Waals surface area contributed by atoms with Crippen molar-refractivity contribution in [3.8, 4) is 0 Å². The number of nitrogens with zero attached hydrogens (tertiary/aromatic N) is 1. The predicted octanol–water partition coefficient (Wildman–Crippen LogP) is 22.3. The van der Waals surface area contributed by atoms with Crippen molar-refractivity contribution >= 4 is 0 Å². The molecule has 1 heterocycles. The Labute approximate surface area is 400 Å². The van der Waals surface area contributed by atoms with Crippen LogP contribution in [0.1, 0.15) is 355 Å². The highest BCUT2D eigenvalue weighted by Gasteiger charge is 2.30. The van der Waals surface area contributed by atoms with Gasteiger partial charge in [0.1, 0.15) is 6.54 Å². The van der Waals surface area contributed by atoms with Crippen LogP contribution in [0.3, 0.4) is 0 Å². The second-order valence-corrected chi connectivity index (χ2v) is 21.5. The Hall–Kier alpha value is -0.850. The second-order valence-electron chi connectivity index (χ2n) is 21.5. The number of aromatic nitrogens is 1. The van der Waals surface area contributed by atoms with Gasteiger partial charge in [-0.3, -0.25) is 0 Å². The van der Waals surface area contributed by atoms with Crippen LogP contribution in [0.4, 0.5) is 0 Å². The molecule has 63 heavy (non-hydrogen) atoms. The molecule has 0 spiro atoms. The number of hydrogen-bond donors (Lipinski definition) is 0. The lowest BCUT2D eigenvalue weighted by Crippen LogP contribution is -2.36. The van der Waals surface area contributed by atoms with Crippen LogP contribution in [0.25, 0.3) is 0 Å². The van der Waals surface area contributed by atoms with Gasteiger partial charge in [-0.15, -0.1) is 0 Å². The number of rotatable bonds is 54. The Morgan fingerprint density at radius 2 is 0.413 bits per heavy atom. The van der Waals surface area contributed by atoms with E-state index in [4.69, 9.17) is 0 Å². The van der Waals surface area contributed by atoms with Crippen LogP contribution in [0, 0.1) is 5.41 Å². The third-order valence-corrected chi connectivity index (χ3v) is 15.4. The van der Waals surface area contributed by atoms with Crippen LogP contribution in [-0.2, 0) is 6.54 Å². The molecule has 1 rings (SSSR count). The van der Waals surface area contributed by atoms with Crippen molar-refractivity contribution in [2.75, 3.05) is 0 Å². The summed E-state index contributed by atoms with van der Waals surface area (Å²) in [6.45, 7) is 8.18. The van der Waals surface area contributed by atoms with E-state index >= 15 is 0 Å². The highest BCUT2D eigenvalue weighted by atomic mass is 14.9. The molecular formula is C62H120N+. The fourth-order valence-corrected chi connectivity index (χ4v) is 10.8. The average Bonchev–Trinajstić information content (AvgIpc) is 3.30. The Bertz CT molecular complexity index is 915. The predicted molar refractivity (Wildman–Crippen MR) is 286 cm³/mol. The molecule has 0 atom stereocenters. The van der Waals surface area contributed by atoms with E-state index in [2.05, 4.69) is 55.9 Å². The minimum atomic E-state index is 0.547. The summed E-state index contributed by atoms with van der Waals surface area (Å²) < 4.78 is 2.49. The molecule has 0 saturated heterocycles. The Morgan fingerprint density at radius 1 is 0.222 bits per heavy atom. The molecule has 0 amide bonds. The van der Waals surface area contributed by atoms with Crippen LogP contribution >= 0.6 is 0 Å². The van der Waals surface area contributed by atoms with Crippen LogP contribution in [0.15, 0.2) is 30.6 Å². The number of unbranched alkanes of at least 4 members (excludes halogenated alkanes) is 45. The van der Waals surface area contributed by atoms with Gasteiger partial charge in [-0.25, -0.2) is 4.57 Å². The van der Waals surface area contributed by atoms with Gasteiger partial charge >= 0.3 is 0 Å². The van der Waals surface area contributed by atoms with Gasteiger partial charge in [0.25, 0.3) is 0 Å². The highest BCUT2D eigenvalue weighted by molar-refractivity contribution is 4.84. The normalized spacial score (nSPS) is 11.9. The number of hydrogen-bond acceptors (Lipinski definition) is 0. The first kappa shape index (κ1) is 60.2. The summed E-state index contributed by atoms with van der Waals surface area (Å²) in [7, 11) is 0. The first-order valence-electron chi connectivity index (χ1n) is 30.2. The van der Waals surface area contributed by atoms with Crippen LogP contribution < -0.4 is 4.57 Å². The van der Waals surface area contributed by atoms with Gasteiger partial charge in [0.05, 0.1) is 0 Å². The minimum absolute atomic E-state index is 0.547. The molecule has 1 aromatic heterocycles. The summed E-state index contributed by atoms with van der Waals surface area (Å²) in [5.41, 5.74) is 0.547. The SMILES string of the molecule is CCCCCCCCCCCCCCCCCCCC(CCCCCCCCCCCCCCCC)(CCCCCCCCCCCCCCCCCCC)CC[n+]1ccccc1. The second kappa shape index (κ2) is 50.6. The molecule has 1 nitrogen and oxygen atoms in total. The van der Waals surface area contributed by atoms with Crippen molar-refractivity contribution in [2.45, 2.75) is 361 Å². The molecule has 0 aromatic carbocycles. The fourth-order valence-electron chi connectivity index (χ4n) is 10.8. The molecule has 0 unspecified atom stereocenters. The molecule has 0 radical (unpaired) electrons. The quantitative estimate of drug-likeness (QED) is 0.0453. The van der Waals surface area contributed by atoms with E-state index in [-0.39, 0.29) is 0 Å². The number of pyridine rings is 1. The molecule has 0 bridgehead atoms. The maximum atomic E-state index is 2.49. The van der Waals surface area contributed by atoms with Crippen LogP contribution in [-0.4, -0.2) is 0 Å². The van der Waals surface area contributed by atoms with E-state index in [1.807, 2.05) is 0 Å². The van der Waals surface area contributed by atoms with Gasteiger partial charge in [0.15, 0.2) is 12.4 Å². The summed E-state index contributed by atoms with van der Waals surface area (Å²) in [6, 6.07) is 6.66. The van der Waals surface area contributed by atoms with Crippen molar-refractivity contribution in [2.24, 2.45) is 5.41 Å². The maximum Gasteiger partial charge on any atom is 0.168 e. The minimum Gasteiger partial charge on any atom is -0.205 e. The first-order chi connectivity index (χ1) is 31.3.